The van der Waals surface area contributed by atoms with Crippen LogP contribution in [0.3, 0.4) is 0 Å². The van der Waals surface area contributed by atoms with Crippen molar-refractivity contribution >= 4 is 36.7 Å². The van der Waals surface area contributed by atoms with Crippen LogP contribution in [0.2, 0.25) is 0 Å². The monoisotopic (exact) mass is 572 g/mol. The number of carbonyl (C=O) groups is 2. The second-order valence-corrected chi connectivity index (χ2v) is 10.0. The molecule has 4 aromatic rings. The van der Waals surface area contributed by atoms with Gasteiger partial charge >= 0.3 is 19.8 Å². The zero-order valence-corrected chi connectivity index (χ0v) is 21.5. The van der Waals surface area contributed by atoms with Crippen molar-refractivity contribution in [2.75, 3.05) is 6.61 Å². The number of H-pyrrole nitrogens is 2. The van der Waals surface area contributed by atoms with Crippen LogP contribution in [0.4, 0.5) is 0 Å². The first-order valence-corrected chi connectivity index (χ1v) is 13.5. The van der Waals surface area contributed by atoms with Crippen LogP contribution in [0.1, 0.15) is 22.4 Å². The summed E-state index contributed by atoms with van der Waals surface area (Å²) in [6.45, 7) is -0.513. The maximum Gasteiger partial charge on any atom is 0.470 e. The molecule has 1 aliphatic rings. The highest BCUT2D eigenvalue weighted by atomic mass is 31.2. The molecule has 3 aromatic heterocycles. The van der Waals surface area contributed by atoms with Gasteiger partial charge in [0, 0.05) is 18.5 Å². The Morgan fingerprint density at radius 2 is 1.95 bits per heavy atom. The van der Waals surface area contributed by atoms with E-state index in [-0.39, 0.29) is 5.69 Å². The molecule has 5 N–H and O–H groups in total. The molecular formula is C25H25N4O10P. The number of benzene rings is 1. The molecule has 0 radical (unpaired) electrons. The number of fused-ring (bicyclic) bond motifs is 1. The number of aliphatic hydroxyl groups is 1. The van der Waals surface area contributed by atoms with Gasteiger partial charge in [-0.2, -0.15) is 0 Å². The zero-order valence-electron chi connectivity index (χ0n) is 20.6. The van der Waals surface area contributed by atoms with Gasteiger partial charge in [-0.05, 0) is 35.7 Å². The van der Waals surface area contributed by atoms with E-state index in [9.17, 15) is 29.0 Å². The molecule has 40 heavy (non-hydrogen) atoms. The second kappa shape index (κ2) is 11.6. The van der Waals surface area contributed by atoms with Crippen LogP contribution in [0, 0.1) is 0 Å². The number of hydrogen-bond donors (Lipinski definition) is 5. The standard InChI is InChI=1S/C25H25N4O10P/c30-20(8-7-16-12-26-14-28-16)36-13-19-21(31)22(39-40(33,34)35)23(38-25(32)17-5-3-10-27-17)24(37-19)29-11-9-15-4-1-2-6-18(15)29/h1-12,14,19,21-24,27,31H,13H2,(H,26,28)(H2,33,34,35)/b8-7+. The Morgan fingerprint density at radius 1 is 1.12 bits per heavy atom. The van der Waals surface area contributed by atoms with E-state index in [1.807, 2.05) is 12.1 Å². The summed E-state index contributed by atoms with van der Waals surface area (Å²) in [5, 5.41) is 11.9. The number of carbonyl (C=O) groups excluding carboxylic acids is 2. The van der Waals surface area contributed by atoms with Crippen LogP contribution >= 0.6 is 7.82 Å². The number of nitrogens with zero attached hydrogens (tertiary/aromatic N) is 2. The van der Waals surface area contributed by atoms with Crippen molar-refractivity contribution in [2.24, 2.45) is 0 Å². The molecule has 0 bridgehead atoms. The van der Waals surface area contributed by atoms with Gasteiger partial charge in [-0.15, -0.1) is 0 Å². The van der Waals surface area contributed by atoms with Gasteiger partial charge in [0.2, 0.25) is 0 Å². The third kappa shape index (κ3) is 6.23. The maximum absolute atomic E-state index is 12.9. The lowest BCUT2D eigenvalue weighted by Crippen LogP contribution is -2.58. The van der Waals surface area contributed by atoms with Crippen LogP contribution in [-0.2, 0) is 28.1 Å². The van der Waals surface area contributed by atoms with E-state index in [1.165, 1.54) is 30.9 Å². The fraction of sp³-hybridized carbons (Fsp3) is 0.240. The van der Waals surface area contributed by atoms with Crippen LogP contribution in [0.5, 0.6) is 0 Å². The summed E-state index contributed by atoms with van der Waals surface area (Å²) >= 11 is 0. The average molecular weight is 572 g/mol. The number of para-hydroxylation sites is 1. The van der Waals surface area contributed by atoms with Gasteiger partial charge in [0.05, 0.1) is 23.7 Å². The number of rotatable bonds is 9. The molecule has 15 heteroatoms. The number of hydrogen-bond acceptors (Lipinski definition) is 9. The molecule has 0 saturated carbocycles. The van der Waals surface area contributed by atoms with E-state index >= 15 is 0 Å². The van der Waals surface area contributed by atoms with Gasteiger partial charge < -0.3 is 43.6 Å². The molecule has 1 saturated heterocycles. The summed E-state index contributed by atoms with van der Waals surface area (Å²) in [6, 6.07) is 12.0. The largest absolute Gasteiger partial charge is 0.470 e. The summed E-state index contributed by atoms with van der Waals surface area (Å²) in [7, 11) is -5.22. The number of ether oxygens (including phenoxy) is 3. The number of imidazole rings is 1. The van der Waals surface area contributed by atoms with E-state index in [1.54, 1.807) is 35.0 Å². The Balaban J connectivity index is 1.46. The lowest BCUT2D eigenvalue weighted by molar-refractivity contribution is -0.248. The summed E-state index contributed by atoms with van der Waals surface area (Å²) < 4.78 is 35.5. The quantitative estimate of drug-likeness (QED) is 0.112. The molecular weight excluding hydrogens is 547 g/mol. The van der Waals surface area contributed by atoms with Gasteiger partial charge in [-0.3, -0.25) is 4.52 Å². The Bertz CT molecular complexity index is 1530. The third-order valence-electron chi connectivity index (χ3n) is 6.17. The van der Waals surface area contributed by atoms with Crippen molar-refractivity contribution in [1.82, 2.24) is 19.5 Å². The van der Waals surface area contributed by atoms with Crippen LogP contribution in [-0.4, -0.2) is 77.4 Å². The molecule has 14 nitrogen and oxygen atoms in total. The number of esters is 2. The number of nitrogens with one attached hydrogen (secondary N) is 2. The van der Waals surface area contributed by atoms with E-state index in [4.69, 9.17) is 18.7 Å². The second-order valence-electron chi connectivity index (χ2n) is 8.82. The summed E-state index contributed by atoms with van der Waals surface area (Å²) in [5.74, 6) is -1.65. The van der Waals surface area contributed by atoms with Crippen molar-refractivity contribution < 1.29 is 47.8 Å². The summed E-state index contributed by atoms with van der Waals surface area (Å²) in [4.78, 5) is 53.9. The van der Waals surface area contributed by atoms with Crippen molar-refractivity contribution in [3.63, 3.8) is 0 Å². The predicted octanol–water partition coefficient (Wildman–Crippen LogP) is 1.91. The first-order valence-electron chi connectivity index (χ1n) is 12.0. The van der Waals surface area contributed by atoms with Gasteiger partial charge in [-0.1, -0.05) is 18.2 Å². The van der Waals surface area contributed by atoms with Crippen molar-refractivity contribution in [1.29, 1.82) is 0 Å². The minimum absolute atomic E-state index is 0.0561. The van der Waals surface area contributed by atoms with E-state index in [0.717, 1.165) is 11.5 Å². The molecule has 0 spiro atoms. The SMILES string of the molecule is O=C(/C=C/c1cnc[nH]1)OCC1OC(n2ccc3ccccc32)C(OC(=O)c2ccc[nH]2)C(OP(=O)(O)O)C1O. The molecule has 4 heterocycles. The molecule has 5 rings (SSSR count). The summed E-state index contributed by atoms with van der Waals surface area (Å²) in [5.41, 5.74) is 1.24. The molecule has 0 amide bonds. The topological polar surface area (TPSA) is 198 Å². The Morgan fingerprint density at radius 3 is 2.67 bits per heavy atom. The number of phosphoric acid groups is 1. The van der Waals surface area contributed by atoms with Crippen LogP contribution in [0.25, 0.3) is 17.0 Å². The average Bonchev–Trinajstić information content (AvgIpc) is 3.70. The minimum Gasteiger partial charge on any atom is -0.460 e. The highest BCUT2D eigenvalue weighted by Gasteiger charge is 2.52. The number of aromatic amines is 2. The highest BCUT2D eigenvalue weighted by molar-refractivity contribution is 7.46. The molecule has 5 atom stereocenters. The van der Waals surface area contributed by atoms with Crippen LogP contribution < -0.4 is 0 Å². The zero-order chi connectivity index (χ0) is 28.3. The fourth-order valence-corrected chi connectivity index (χ4v) is 4.93. The van der Waals surface area contributed by atoms with Crippen LogP contribution in [0.15, 0.2) is 73.5 Å². The maximum atomic E-state index is 12.9. The normalized spacial score (nSPS) is 23.4. The van der Waals surface area contributed by atoms with E-state index in [0.29, 0.717) is 11.2 Å². The molecule has 5 unspecified atom stereocenters. The van der Waals surface area contributed by atoms with Gasteiger partial charge in [0.25, 0.3) is 0 Å². The first-order chi connectivity index (χ1) is 19.2. The molecule has 0 aliphatic carbocycles. The Hall–Kier alpha value is -4.04. The van der Waals surface area contributed by atoms with Crippen molar-refractivity contribution in [3.8, 4) is 0 Å². The van der Waals surface area contributed by atoms with E-state index in [2.05, 4.69) is 15.0 Å². The fourth-order valence-electron chi connectivity index (χ4n) is 4.37. The van der Waals surface area contributed by atoms with Gasteiger partial charge in [0.15, 0.2) is 12.3 Å². The molecule has 1 aliphatic heterocycles. The first kappa shape index (κ1) is 27.5. The van der Waals surface area contributed by atoms with Crippen molar-refractivity contribution in [2.45, 2.75) is 30.6 Å². The Kier molecular flexibility index (Phi) is 7.98. The Labute approximate surface area is 226 Å². The minimum atomic E-state index is -5.22. The smallest absolute Gasteiger partial charge is 0.460 e. The number of aliphatic hydroxyl groups excluding tert-OH is 1. The lowest BCUT2D eigenvalue weighted by atomic mass is 9.97. The highest BCUT2D eigenvalue weighted by Crippen LogP contribution is 2.44. The molecule has 1 aromatic carbocycles. The molecule has 1 fully saturated rings. The predicted molar refractivity (Wildman–Crippen MR) is 137 cm³/mol. The van der Waals surface area contributed by atoms with Crippen molar-refractivity contribution in [3.05, 3.63) is 84.8 Å². The van der Waals surface area contributed by atoms with E-state index < -0.39 is 57.0 Å². The summed E-state index contributed by atoms with van der Waals surface area (Å²) in [6.07, 6.45) is 0.937. The number of aromatic nitrogens is 4. The van der Waals surface area contributed by atoms with Gasteiger partial charge in [-0.25, -0.2) is 19.1 Å². The van der Waals surface area contributed by atoms with Gasteiger partial charge in [0.1, 0.15) is 30.6 Å². The lowest BCUT2D eigenvalue weighted by Gasteiger charge is -2.44. The third-order valence-corrected chi connectivity index (χ3v) is 6.69. The molecule has 210 valence electrons. The number of phosphoric ester groups is 1.